The Morgan fingerprint density at radius 3 is 2.26 bits per heavy atom. The zero-order valence-corrected chi connectivity index (χ0v) is 14.0. The van der Waals surface area contributed by atoms with Crippen LogP contribution in [0, 0.1) is 13.8 Å². The minimum absolute atomic E-state index is 0.0729. The summed E-state index contributed by atoms with van der Waals surface area (Å²) < 4.78 is 30.7. The average Bonchev–Trinajstić information content (AvgIpc) is 2.46. The zero-order chi connectivity index (χ0) is 16.8. The fourth-order valence-corrected chi connectivity index (χ4v) is 4.14. The molecule has 23 heavy (non-hydrogen) atoms. The van der Waals surface area contributed by atoms with E-state index in [0.717, 1.165) is 11.1 Å². The van der Waals surface area contributed by atoms with Gasteiger partial charge in [-0.15, -0.1) is 0 Å². The fourth-order valence-electron chi connectivity index (χ4n) is 2.48. The molecule has 0 fully saturated rings. The summed E-state index contributed by atoms with van der Waals surface area (Å²) >= 11 is 5.91. The summed E-state index contributed by atoms with van der Waals surface area (Å²) in [5, 5.41) is 0.890. The number of hydrogen-bond acceptors (Lipinski definition) is 4. The normalized spacial score (nSPS) is 11.8. The zero-order valence-electron chi connectivity index (χ0n) is 12.5. The molecule has 3 aromatic rings. The predicted octanol–water partition coefficient (Wildman–Crippen LogP) is 3.90. The topological polar surface area (TPSA) is 64.3 Å². The van der Waals surface area contributed by atoms with Crippen LogP contribution in [0.3, 0.4) is 0 Å². The van der Waals surface area contributed by atoms with Crippen LogP contribution < -0.4 is 5.63 Å². The lowest BCUT2D eigenvalue weighted by molar-refractivity contribution is 0.532. The Labute approximate surface area is 138 Å². The molecule has 0 spiro atoms. The van der Waals surface area contributed by atoms with E-state index in [-0.39, 0.29) is 4.90 Å². The van der Waals surface area contributed by atoms with Crippen molar-refractivity contribution in [3.8, 4) is 0 Å². The second-order valence-electron chi connectivity index (χ2n) is 5.41. The monoisotopic (exact) mass is 348 g/mol. The van der Waals surface area contributed by atoms with E-state index in [1.807, 2.05) is 6.07 Å². The highest BCUT2D eigenvalue weighted by molar-refractivity contribution is 7.91. The third-order valence-corrected chi connectivity index (χ3v) is 5.41. The molecule has 1 aromatic heterocycles. The van der Waals surface area contributed by atoms with E-state index in [4.69, 9.17) is 16.0 Å². The van der Waals surface area contributed by atoms with Gasteiger partial charge in [0.15, 0.2) is 4.90 Å². The van der Waals surface area contributed by atoms with Crippen LogP contribution in [0.1, 0.15) is 11.1 Å². The molecule has 6 heteroatoms. The summed E-state index contributed by atoms with van der Waals surface area (Å²) in [6, 6.07) is 10.9. The minimum atomic E-state index is -3.97. The number of hydrogen-bond donors (Lipinski definition) is 0. The fraction of sp³-hybridized carbons (Fsp3) is 0.118. The molecule has 118 valence electrons. The number of benzene rings is 2. The summed E-state index contributed by atoms with van der Waals surface area (Å²) in [6.07, 6.45) is 0. The van der Waals surface area contributed by atoms with Gasteiger partial charge in [0, 0.05) is 10.4 Å². The maximum absolute atomic E-state index is 12.8. The van der Waals surface area contributed by atoms with Gasteiger partial charge in [-0.3, -0.25) is 0 Å². The molecule has 0 radical (unpaired) electrons. The van der Waals surface area contributed by atoms with E-state index < -0.39 is 20.4 Å². The lowest BCUT2D eigenvalue weighted by Crippen LogP contribution is -2.14. The molecule has 1 heterocycles. The molecule has 0 atom stereocenters. The van der Waals surface area contributed by atoms with Gasteiger partial charge in [0.25, 0.3) is 0 Å². The van der Waals surface area contributed by atoms with Crippen LogP contribution in [0.4, 0.5) is 0 Å². The number of aryl methyl sites for hydroxylation is 2. The molecule has 0 unspecified atom stereocenters. The summed E-state index contributed by atoms with van der Waals surface area (Å²) in [5.74, 6) is 0. The molecule has 0 aliphatic carbocycles. The first-order valence-electron chi connectivity index (χ1n) is 6.84. The third-order valence-electron chi connectivity index (χ3n) is 3.46. The van der Waals surface area contributed by atoms with Gasteiger partial charge in [0.05, 0.1) is 4.90 Å². The summed E-state index contributed by atoms with van der Waals surface area (Å²) in [6.45, 7) is 3.60. The Bertz CT molecular complexity index is 1060. The molecule has 4 nitrogen and oxygen atoms in total. The van der Waals surface area contributed by atoms with E-state index in [2.05, 4.69) is 0 Å². The Morgan fingerprint density at radius 1 is 0.957 bits per heavy atom. The van der Waals surface area contributed by atoms with Crippen LogP contribution in [0.2, 0.25) is 5.02 Å². The molecule has 2 aromatic carbocycles. The molecule has 0 amide bonds. The maximum Gasteiger partial charge on any atom is 0.355 e. The van der Waals surface area contributed by atoms with E-state index in [9.17, 15) is 13.2 Å². The van der Waals surface area contributed by atoms with E-state index in [1.165, 1.54) is 24.3 Å². The van der Waals surface area contributed by atoms with Crippen molar-refractivity contribution in [1.82, 2.24) is 0 Å². The molecular weight excluding hydrogens is 336 g/mol. The van der Waals surface area contributed by atoms with E-state index in [1.54, 1.807) is 26.0 Å². The minimum Gasteiger partial charge on any atom is -0.422 e. The van der Waals surface area contributed by atoms with Crippen molar-refractivity contribution in [3.63, 3.8) is 0 Å². The van der Waals surface area contributed by atoms with Gasteiger partial charge in [-0.2, -0.15) is 0 Å². The van der Waals surface area contributed by atoms with Crippen molar-refractivity contribution >= 4 is 32.4 Å². The van der Waals surface area contributed by atoms with Gasteiger partial charge >= 0.3 is 5.63 Å². The number of fused-ring (bicyclic) bond motifs is 1. The van der Waals surface area contributed by atoms with Crippen molar-refractivity contribution in [1.29, 1.82) is 0 Å². The average molecular weight is 349 g/mol. The highest BCUT2D eigenvalue weighted by Crippen LogP contribution is 2.25. The van der Waals surface area contributed by atoms with Crippen molar-refractivity contribution in [2.75, 3.05) is 0 Å². The molecule has 0 N–H and O–H groups in total. The second-order valence-corrected chi connectivity index (χ2v) is 7.76. The standard InChI is InChI=1S/C17H13ClO4S/c1-10-5-11(2)7-14(6-10)23(20,21)16-9-12-8-13(18)3-4-15(12)22-17(16)19/h3-9H,1-2H3. The van der Waals surface area contributed by atoms with Crippen LogP contribution in [-0.4, -0.2) is 8.42 Å². The highest BCUT2D eigenvalue weighted by Gasteiger charge is 2.23. The Hall–Kier alpha value is -2.11. The third kappa shape index (κ3) is 2.90. The predicted molar refractivity (Wildman–Crippen MR) is 88.9 cm³/mol. The summed E-state index contributed by atoms with van der Waals surface area (Å²) in [4.78, 5) is 11.8. The molecule has 0 bridgehead atoms. The van der Waals surface area contributed by atoms with Gasteiger partial charge in [-0.1, -0.05) is 17.7 Å². The summed E-state index contributed by atoms with van der Waals surface area (Å²) in [5.41, 5.74) is 1.01. The quantitative estimate of drug-likeness (QED) is 0.659. The first-order chi connectivity index (χ1) is 10.8. The highest BCUT2D eigenvalue weighted by atomic mass is 35.5. The Balaban J connectivity index is 2.29. The SMILES string of the molecule is Cc1cc(C)cc(S(=O)(=O)c2cc3cc(Cl)ccc3oc2=O)c1. The largest absolute Gasteiger partial charge is 0.422 e. The molecule has 0 aliphatic rings. The second kappa shape index (κ2) is 5.51. The number of halogens is 1. The van der Waals surface area contributed by atoms with Crippen LogP contribution >= 0.6 is 11.6 Å². The van der Waals surface area contributed by atoms with Crippen molar-refractivity contribution in [3.05, 3.63) is 69.0 Å². The number of sulfone groups is 1. The van der Waals surface area contributed by atoms with Crippen LogP contribution in [0.25, 0.3) is 11.0 Å². The Morgan fingerprint density at radius 2 is 1.61 bits per heavy atom. The van der Waals surface area contributed by atoms with Crippen LogP contribution in [0.15, 0.2) is 61.5 Å². The van der Waals surface area contributed by atoms with Gasteiger partial charge in [-0.05, 0) is 61.4 Å². The van der Waals surface area contributed by atoms with Crippen molar-refractivity contribution in [2.45, 2.75) is 23.6 Å². The van der Waals surface area contributed by atoms with Crippen LogP contribution in [0.5, 0.6) is 0 Å². The number of rotatable bonds is 2. The molecule has 0 aliphatic heterocycles. The molecule has 0 saturated carbocycles. The molecule has 3 rings (SSSR count). The van der Waals surface area contributed by atoms with Crippen LogP contribution in [-0.2, 0) is 9.84 Å². The van der Waals surface area contributed by atoms with Gasteiger partial charge < -0.3 is 4.42 Å². The first kappa shape index (κ1) is 15.8. The Kier molecular flexibility index (Phi) is 3.78. The lowest BCUT2D eigenvalue weighted by Gasteiger charge is -2.07. The molecule has 0 saturated heterocycles. The maximum atomic E-state index is 12.8. The van der Waals surface area contributed by atoms with Crippen molar-refractivity contribution in [2.24, 2.45) is 0 Å². The van der Waals surface area contributed by atoms with Gasteiger partial charge in [0.1, 0.15) is 5.58 Å². The van der Waals surface area contributed by atoms with Gasteiger partial charge in [0.2, 0.25) is 9.84 Å². The summed E-state index contributed by atoms with van der Waals surface area (Å²) in [7, 11) is -3.97. The van der Waals surface area contributed by atoms with Crippen molar-refractivity contribution < 1.29 is 12.8 Å². The van der Waals surface area contributed by atoms with E-state index >= 15 is 0 Å². The lowest BCUT2D eigenvalue weighted by atomic mass is 10.2. The molecular formula is C17H13ClO4S. The smallest absolute Gasteiger partial charge is 0.355 e. The van der Waals surface area contributed by atoms with Gasteiger partial charge in [-0.25, -0.2) is 13.2 Å². The first-order valence-corrected chi connectivity index (χ1v) is 8.70. The van der Waals surface area contributed by atoms with E-state index in [0.29, 0.717) is 16.0 Å².